The standard InChI is InChI=1S/C23H36O4/c1-4-6-7-8-9-10-14-20-16-12-17-21(20)15-11-13-19(3)18-23(25,26)22(24)27-5-2/h10-11,14,25-26H,4-9,12,15-18H2,1-3H3/b14-10+. The van der Waals surface area contributed by atoms with E-state index in [2.05, 4.69) is 29.5 Å². The number of hydrogen-bond donors (Lipinski definition) is 2. The van der Waals surface area contributed by atoms with E-state index in [9.17, 15) is 15.0 Å². The fourth-order valence-corrected chi connectivity index (χ4v) is 3.27. The summed E-state index contributed by atoms with van der Waals surface area (Å²) in [4.78, 5) is 11.5. The van der Waals surface area contributed by atoms with Crippen LogP contribution in [-0.2, 0) is 9.53 Å². The average Bonchev–Trinajstić information content (AvgIpc) is 3.05. The van der Waals surface area contributed by atoms with Crippen LogP contribution in [0.15, 0.2) is 40.7 Å². The van der Waals surface area contributed by atoms with Gasteiger partial charge in [-0.15, -0.1) is 5.73 Å². The van der Waals surface area contributed by atoms with Crippen molar-refractivity contribution in [3.05, 3.63) is 40.7 Å². The van der Waals surface area contributed by atoms with Gasteiger partial charge in [0, 0.05) is 6.42 Å². The molecule has 0 spiro atoms. The van der Waals surface area contributed by atoms with Crippen LogP contribution in [0.4, 0.5) is 0 Å². The zero-order chi connectivity index (χ0) is 20.1. The molecular weight excluding hydrogens is 340 g/mol. The highest BCUT2D eigenvalue weighted by atomic mass is 16.6. The summed E-state index contributed by atoms with van der Waals surface area (Å²) >= 11 is 0. The van der Waals surface area contributed by atoms with Gasteiger partial charge in [-0.25, -0.2) is 4.79 Å². The first-order chi connectivity index (χ1) is 12.9. The number of ether oxygens (including phenoxy) is 1. The molecule has 0 aliphatic heterocycles. The Morgan fingerprint density at radius 3 is 2.70 bits per heavy atom. The van der Waals surface area contributed by atoms with E-state index in [0.29, 0.717) is 5.57 Å². The summed E-state index contributed by atoms with van der Waals surface area (Å²) in [5.41, 5.74) is 6.56. The zero-order valence-corrected chi connectivity index (χ0v) is 17.2. The molecule has 2 N–H and O–H groups in total. The second kappa shape index (κ2) is 12.7. The van der Waals surface area contributed by atoms with Crippen LogP contribution in [0.1, 0.15) is 85.0 Å². The lowest BCUT2D eigenvalue weighted by atomic mass is 10.0. The maximum absolute atomic E-state index is 11.5. The minimum absolute atomic E-state index is 0.114. The molecule has 0 aromatic carbocycles. The summed E-state index contributed by atoms with van der Waals surface area (Å²) in [5.74, 6) is -3.50. The maximum atomic E-state index is 11.5. The third-order valence-electron chi connectivity index (χ3n) is 4.73. The van der Waals surface area contributed by atoms with Crippen LogP contribution in [0.3, 0.4) is 0 Å². The highest BCUT2D eigenvalue weighted by Crippen LogP contribution is 2.29. The Labute approximate surface area is 164 Å². The molecule has 152 valence electrons. The Morgan fingerprint density at radius 2 is 2.00 bits per heavy atom. The van der Waals surface area contributed by atoms with E-state index in [-0.39, 0.29) is 13.0 Å². The molecule has 4 heteroatoms. The number of esters is 1. The minimum Gasteiger partial charge on any atom is -0.462 e. The third kappa shape index (κ3) is 9.23. The molecule has 4 nitrogen and oxygen atoms in total. The van der Waals surface area contributed by atoms with Crippen LogP contribution in [0, 0.1) is 0 Å². The molecular formula is C23H36O4. The lowest BCUT2D eigenvalue weighted by Crippen LogP contribution is -2.40. The Bertz CT molecular complexity index is 589. The van der Waals surface area contributed by atoms with Gasteiger partial charge in [0.05, 0.1) is 6.61 Å². The van der Waals surface area contributed by atoms with Gasteiger partial charge in [-0.05, 0) is 69.6 Å². The van der Waals surface area contributed by atoms with Gasteiger partial charge in [-0.2, -0.15) is 0 Å². The van der Waals surface area contributed by atoms with Crippen LogP contribution in [-0.4, -0.2) is 28.6 Å². The van der Waals surface area contributed by atoms with Crippen molar-refractivity contribution in [2.45, 2.75) is 90.8 Å². The van der Waals surface area contributed by atoms with E-state index >= 15 is 0 Å². The first kappa shape index (κ1) is 23.4. The highest BCUT2D eigenvalue weighted by molar-refractivity contribution is 5.77. The molecule has 0 heterocycles. The van der Waals surface area contributed by atoms with E-state index in [4.69, 9.17) is 0 Å². The van der Waals surface area contributed by atoms with Crippen LogP contribution in [0.2, 0.25) is 0 Å². The van der Waals surface area contributed by atoms with Crippen molar-refractivity contribution in [3.63, 3.8) is 0 Å². The molecule has 0 fully saturated rings. The second-order valence-corrected chi connectivity index (χ2v) is 7.28. The van der Waals surface area contributed by atoms with Crippen molar-refractivity contribution in [1.29, 1.82) is 0 Å². The maximum Gasteiger partial charge on any atom is 0.366 e. The number of aliphatic hydroxyl groups is 2. The normalized spacial score (nSPS) is 14.6. The third-order valence-corrected chi connectivity index (χ3v) is 4.73. The quantitative estimate of drug-likeness (QED) is 0.215. The van der Waals surface area contributed by atoms with Crippen molar-refractivity contribution in [2.75, 3.05) is 6.61 Å². The summed E-state index contributed by atoms with van der Waals surface area (Å²) < 4.78 is 4.67. The molecule has 1 rings (SSSR count). The molecule has 0 atom stereocenters. The van der Waals surface area contributed by atoms with Crippen molar-refractivity contribution >= 4 is 5.97 Å². The fourth-order valence-electron chi connectivity index (χ4n) is 3.27. The van der Waals surface area contributed by atoms with Crippen molar-refractivity contribution in [2.24, 2.45) is 0 Å². The van der Waals surface area contributed by atoms with Gasteiger partial charge in [0.1, 0.15) is 0 Å². The van der Waals surface area contributed by atoms with Crippen molar-refractivity contribution in [3.8, 4) is 0 Å². The number of carbonyl (C=O) groups excluding carboxylic acids is 1. The monoisotopic (exact) mass is 376 g/mol. The minimum atomic E-state index is -2.49. The predicted molar refractivity (Wildman–Crippen MR) is 109 cm³/mol. The highest BCUT2D eigenvalue weighted by Gasteiger charge is 2.35. The Hall–Kier alpha value is -1.61. The molecule has 0 saturated carbocycles. The predicted octanol–water partition coefficient (Wildman–Crippen LogP) is 5.12. The number of hydrogen-bond acceptors (Lipinski definition) is 4. The Balaban J connectivity index is 2.58. The number of carbonyl (C=O) groups is 1. The molecule has 0 saturated heterocycles. The second-order valence-electron chi connectivity index (χ2n) is 7.28. The number of unbranched alkanes of at least 4 members (excludes halogenated alkanes) is 4. The molecule has 0 aromatic rings. The van der Waals surface area contributed by atoms with Crippen LogP contribution < -0.4 is 0 Å². The van der Waals surface area contributed by atoms with E-state index in [0.717, 1.165) is 25.7 Å². The fraction of sp³-hybridized carbons (Fsp3) is 0.652. The average molecular weight is 377 g/mol. The lowest BCUT2D eigenvalue weighted by molar-refractivity contribution is -0.208. The van der Waals surface area contributed by atoms with Gasteiger partial charge < -0.3 is 14.9 Å². The summed E-state index contributed by atoms with van der Waals surface area (Å²) in [5, 5.41) is 19.6. The van der Waals surface area contributed by atoms with E-state index in [1.165, 1.54) is 43.3 Å². The van der Waals surface area contributed by atoms with Crippen molar-refractivity contribution in [1.82, 2.24) is 0 Å². The summed E-state index contributed by atoms with van der Waals surface area (Å²) in [6.07, 6.45) is 16.9. The van der Waals surface area contributed by atoms with E-state index < -0.39 is 11.8 Å². The first-order valence-corrected chi connectivity index (χ1v) is 10.3. The molecule has 1 aliphatic rings. The smallest absolute Gasteiger partial charge is 0.366 e. The van der Waals surface area contributed by atoms with Crippen molar-refractivity contribution < 1.29 is 19.7 Å². The number of rotatable bonds is 12. The van der Waals surface area contributed by atoms with Gasteiger partial charge >= 0.3 is 5.97 Å². The summed E-state index contributed by atoms with van der Waals surface area (Å²) in [6.45, 7) is 5.70. The molecule has 0 aromatic heterocycles. The zero-order valence-electron chi connectivity index (χ0n) is 17.2. The topological polar surface area (TPSA) is 66.8 Å². The molecule has 0 amide bonds. The first-order valence-electron chi connectivity index (χ1n) is 10.3. The van der Waals surface area contributed by atoms with Gasteiger partial charge in [0.15, 0.2) is 0 Å². The number of allylic oxidation sites excluding steroid dienone is 4. The SMILES string of the molecule is CCCCCC/C=C/C1=C(CC=C=C(C)CC(O)(O)C(=O)OCC)CCC1. The van der Waals surface area contributed by atoms with Crippen LogP contribution >= 0.6 is 0 Å². The molecule has 0 bridgehead atoms. The van der Waals surface area contributed by atoms with E-state index in [1.54, 1.807) is 13.8 Å². The molecule has 27 heavy (non-hydrogen) atoms. The molecule has 0 radical (unpaired) electrons. The van der Waals surface area contributed by atoms with Gasteiger partial charge in [-0.3, -0.25) is 0 Å². The van der Waals surface area contributed by atoms with Crippen LogP contribution in [0.25, 0.3) is 0 Å². The molecule has 1 aliphatic carbocycles. The Kier molecular flexibility index (Phi) is 11.0. The lowest BCUT2D eigenvalue weighted by Gasteiger charge is -2.18. The summed E-state index contributed by atoms with van der Waals surface area (Å²) in [7, 11) is 0. The van der Waals surface area contributed by atoms with E-state index in [1.807, 2.05) is 6.08 Å². The van der Waals surface area contributed by atoms with Gasteiger partial charge in [0.25, 0.3) is 5.79 Å². The van der Waals surface area contributed by atoms with Gasteiger partial charge in [-0.1, -0.05) is 43.9 Å². The summed E-state index contributed by atoms with van der Waals surface area (Å²) in [6, 6.07) is 0. The molecule has 0 unspecified atom stereocenters. The Morgan fingerprint density at radius 1 is 1.22 bits per heavy atom. The van der Waals surface area contributed by atoms with Gasteiger partial charge in [0.2, 0.25) is 0 Å². The van der Waals surface area contributed by atoms with Crippen LogP contribution in [0.5, 0.6) is 0 Å². The largest absolute Gasteiger partial charge is 0.462 e.